The molecule has 0 spiro atoms. The summed E-state index contributed by atoms with van der Waals surface area (Å²) in [5, 5.41) is -0.0791. The third-order valence-corrected chi connectivity index (χ3v) is 2.16. The topological polar surface area (TPSA) is 46.0 Å². The van der Waals surface area contributed by atoms with E-state index in [1.54, 1.807) is 12.1 Å². The van der Waals surface area contributed by atoms with E-state index < -0.39 is 5.76 Å². The second kappa shape index (κ2) is 2.92. The molecule has 0 aliphatic heterocycles. The Balaban J connectivity index is 2.68. The van der Waals surface area contributed by atoms with E-state index >= 15 is 0 Å². The van der Waals surface area contributed by atoms with Crippen molar-refractivity contribution in [2.75, 3.05) is 0 Å². The molecule has 0 saturated heterocycles. The Hall–Kier alpha value is -1.22. The summed E-state index contributed by atoms with van der Waals surface area (Å²) in [6, 6.07) is 5.42. The zero-order valence-corrected chi connectivity index (χ0v) is 7.76. The molecule has 1 unspecified atom stereocenters. The van der Waals surface area contributed by atoms with Crippen molar-refractivity contribution in [2.45, 2.75) is 12.3 Å². The maximum Gasteiger partial charge on any atom is 0.417 e. The van der Waals surface area contributed by atoms with Crippen LogP contribution in [-0.4, -0.2) is 4.98 Å². The summed E-state index contributed by atoms with van der Waals surface area (Å²) in [6.07, 6.45) is 0. The Bertz CT molecular complexity index is 484. The van der Waals surface area contributed by atoms with Gasteiger partial charge >= 0.3 is 5.76 Å². The quantitative estimate of drug-likeness (QED) is 0.714. The molecule has 0 bridgehead atoms. The number of rotatable bonds is 1. The minimum Gasteiger partial charge on any atom is -0.408 e. The lowest BCUT2D eigenvalue weighted by Gasteiger charge is -2.00. The molecular formula is C9H8ClNO2. The maximum atomic E-state index is 10.8. The molecule has 1 atom stereocenters. The van der Waals surface area contributed by atoms with Gasteiger partial charge in [-0.2, -0.15) is 0 Å². The van der Waals surface area contributed by atoms with Crippen LogP contribution in [0.5, 0.6) is 0 Å². The van der Waals surface area contributed by atoms with E-state index in [2.05, 4.69) is 4.98 Å². The van der Waals surface area contributed by atoms with Crippen molar-refractivity contribution in [2.24, 2.45) is 0 Å². The van der Waals surface area contributed by atoms with Gasteiger partial charge in [-0.25, -0.2) is 4.79 Å². The third kappa shape index (κ3) is 1.47. The molecular weight excluding hydrogens is 190 g/mol. The standard InChI is InChI=1S/C9H8ClNO2/c1-5(10)6-2-3-7-8(4-6)13-9(12)11-7/h2-5H,1H3,(H,11,12). The number of halogens is 1. The van der Waals surface area contributed by atoms with Gasteiger partial charge < -0.3 is 4.42 Å². The summed E-state index contributed by atoms with van der Waals surface area (Å²) in [5.41, 5.74) is 2.19. The SMILES string of the molecule is CC(Cl)c1ccc2[nH]c(=O)oc2c1. The monoisotopic (exact) mass is 197 g/mol. The van der Waals surface area contributed by atoms with Gasteiger partial charge in [-0.15, -0.1) is 11.6 Å². The molecule has 4 heteroatoms. The molecule has 2 aromatic rings. The molecule has 0 radical (unpaired) electrons. The predicted octanol–water partition coefficient (Wildman–Crippen LogP) is 2.42. The molecule has 68 valence electrons. The van der Waals surface area contributed by atoms with Gasteiger partial charge in [-0.1, -0.05) is 6.07 Å². The zero-order chi connectivity index (χ0) is 9.42. The van der Waals surface area contributed by atoms with Gasteiger partial charge in [0, 0.05) is 0 Å². The van der Waals surface area contributed by atoms with E-state index in [4.69, 9.17) is 16.0 Å². The van der Waals surface area contributed by atoms with E-state index in [9.17, 15) is 4.79 Å². The van der Waals surface area contributed by atoms with Crippen LogP contribution < -0.4 is 5.76 Å². The number of H-pyrrole nitrogens is 1. The first-order valence-corrected chi connectivity index (χ1v) is 4.37. The smallest absolute Gasteiger partial charge is 0.408 e. The Morgan fingerprint density at radius 3 is 3.00 bits per heavy atom. The Morgan fingerprint density at radius 2 is 2.31 bits per heavy atom. The molecule has 0 amide bonds. The summed E-state index contributed by atoms with van der Waals surface area (Å²) in [5.74, 6) is -0.436. The molecule has 1 aromatic heterocycles. The lowest BCUT2D eigenvalue weighted by atomic mass is 10.1. The van der Waals surface area contributed by atoms with Crippen molar-refractivity contribution in [1.82, 2.24) is 4.98 Å². The van der Waals surface area contributed by atoms with E-state index in [1.807, 2.05) is 13.0 Å². The Labute approximate surface area is 79.3 Å². The van der Waals surface area contributed by atoms with Crippen LogP contribution >= 0.6 is 11.6 Å². The van der Waals surface area contributed by atoms with Gasteiger partial charge in [-0.3, -0.25) is 4.98 Å². The van der Waals surface area contributed by atoms with Crippen LogP contribution in [0.15, 0.2) is 27.4 Å². The maximum absolute atomic E-state index is 10.8. The van der Waals surface area contributed by atoms with Crippen LogP contribution in [0.2, 0.25) is 0 Å². The number of oxazole rings is 1. The summed E-state index contributed by atoms with van der Waals surface area (Å²) in [7, 11) is 0. The van der Waals surface area contributed by atoms with E-state index in [1.165, 1.54) is 0 Å². The van der Waals surface area contributed by atoms with Crippen LogP contribution in [-0.2, 0) is 0 Å². The van der Waals surface area contributed by atoms with Crippen molar-refractivity contribution in [1.29, 1.82) is 0 Å². The Morgan fingerprint density at radius 1 is 1.54 bits per heavy atom. The zero-order valence-electron chi connectivity index (χ0n) is 7.00. The van der Waals surface area contributed by atoms with Crippen molar-refractivity contribution in [3.8, 4) is 0 Å². The molecule has 0 fully saturated rings. The minimum atomic E-state index is -0.436. The molecule has 1 N–H and O–H groups in total. The first-order chi connectivity index (χ1) is 6.16. The number of alkyl halides is 1. The number of hydrogen-bond donors (Lipinski definition) is 1. The van der Waals surface area contributed by atoms with Crippen LogP contribution in [0, 0.1) is 0 Å². The number of fused-ring (bicyclic) bond motifs is 1. The highest BCUT2D eigenvalue weighted by molar-refractivity contribution is 6.20. The first-order valence-electron chi connectivity index (χ1n) is 3.93. The Kier molecular flexibility index (Phi) is 1.88. The average molecular weight is 198 g/mol. The molecule has 0 aliphatic carbocycles. The number of aromatic nitrogens is 1. The second-order valence-electron chi connectivity index (χ2n) is 2.89. The summed E-state index contributed by atoms with van der Waals surface area (Å²) in [6.45, 7) is 1.87. The number of aromatic amines is 1. The number of nitrogens with one attached hydrogen (secondary N) is 1. The van der Waals surface area contributed by atoms with Crippen molar-refractivity contribution < 1.29 is 4.42 Å². The highest BCUT2D eigenvalue weighted by Crippen LogP contribution is 2.22. The van der Waals surface area contributed by atoms with Crippen molar-refractivity contribution in [3.63, 3.8) is 0 Å². The van der Waals surface area contributed by atoms with Crippen molar-refractivity contribution >= 4 is 22.7 Å². The molecule has 1 aromatic carbocycles. The van der Waals surface area contributed by atoms with Crippen LogP contribution in [0.3, 0.4) is 0 Å². The fourth-order valence-electron chi connectivity index (χ4n) is 1.21. The highest BCUT2D eigenvalue weighted by atomic mass is 35.5. The van der Waals surface area contributed by atoms with Gasteiger partial charge in [0.2, 0.25) is 0 Å². The lowest BCUT2D eigenvalue weighted by molar-refractivity contribution is 0.555. The van der Waals surface area contributed by atoms with Crippen LogP contribution in [0.4, 0.5) is 0 Å². The summed E-state index contributed by atoms with van der Waals surface area (Å²) >= 11 is 5.88. The van der Waals surface area contributed by atoms with Gasteiger partial charge in [0.05, 0.1) is 10.9 Å². The summed E-state index contributed by atoms with van der Waals surface area (Å²) in [4.78, 5) is 13.4. The molecule has 0 saturated carbocycles. The van der Waals surface area contributed by atoms with E-state index in [0.29, 0.717) is 11.1 Å². The normalized spacial score (nSPS) is 13.4. The molecule has 1 heterocycles. The van der Waals surface area contributed by atoms with E-state index in [0.717, 1.165) is 5.56 Å². The molecule has 13 heavy (non-hydrogen) atoms. The third-order valence-electron chi connectivity index (χ3n) is 1.90. The van der Waals surface area contributed by atoms with Gasteiger partial charge in [0.1, 0.15) is 0 Å². The highest BCUT2D eigenvalue weighted by Gasteiger charge is 2.05. The second-order valence-corrected chi connectivity index (χ2v) is 3.54. The fraction of sp³-hybridized carbons (Fsp3) is 0.222. The van der Waals surface area contributed by atoms with Gasteiger partial charge in [0.15, 0.2) is 5.58 Å². The van der Waals surface area contributed by atoms with E-state index in [-0.39, 0.29) is 5.38 Å². The lowest BCUT2D eigenvalue weighted by Crippen LogP contribution is -1.92. The summed E-state index contributed by atoms with van der Waals surface area (Å²) < 4.78 is 4.89. The van der Waals surface area contributed by atoms with Crippen molar-refractivity contribution in [3.05, 3.63) is 34.3 Å². The largest absolute Gasteiger partial charge is 0.417 e. The molecule has 3 nitrogen and oxygen atoms in total. The molecule has 2 rings (SSSR count). The minimum absolute atomic E-state index is 0.0791. The average Bonchev–Trinajstić information content (AvgIpc) is 2.42. The number of hydrogen-bond acceptors (Lipinski definition) is 2. The van der Waals surface area contributed by atoms with Crippen LogP contribution in [0.25, 0.3) is 11.1 Å². The van der Waals surface area contributed by atoms with Gasteiger partial charge in [-0.05, 0) is 24.6 Å². The fourth-order valence-corrected chi connectivity index (χ4v) is 1.35. The number of benzene rings is 1. The first kappa shape index (κ1) is 8.38. The predicted molar refractivity (Wildman–Crippen MR) is 51.1 cm³/mol. The van der Waals surface area contributed by atoms with Gasteiger partial charge in [0.25, 0.3) is 0 Å². The molecule has 0 aliphatic rings. The van der Waals surface area contributed by atoms with Crippen LogP contribution in [0.1, 0.15) is 17.9 Å².